The normalized spacial score (nSPS) is 17.6. The third-order valence-electron chi connectivity index (χ3n) is 7.70. The van der Waals surface area contributed by atoms with Crippen molar-refractivity contribution in [3.63, 3.8) is 0 Å². The maximum atomic E-state index is 13.2. The Hall–Kier alpha value is -3.39. The van der Waals surface area contributed by atoms with Gasteiger partial charge in [-0.2, -0.15) is 4.98 Å². The molecule has 1 aromatic heterocycles. The number of likely N-dealkylation sites (tertiary alicyclic amines) is 2. The van der Waals surface area contributed by atoms with Gasteiger partial charge in [-0.05, 0) is 74.9 Å². The number of hydrogen-bond acceptors (Lipinski definition) is 7. The van der Waals surface area contributed by atoms with Crippen molar-refractivity contribution in [3.8, 4) is 22.9 Å². The number of carbonyl (C=O) groups excluding carboxylic acids is 1. The van der Waals surface area contributed by atoms with Crippen LogP contribution in [0.3, 0.4) is 0 Å². The summed E-state index contributed by atoms with van der Waals surface area (Å²) in [6.07, 6.45) is 5.06. The van der Waals surface area contributed by atoms with E-state index in [2.05, 4.69) is 50.3 Å². The summed E-state index contributed by atoms with van der Waals surface area (Å²) in [5, 5.41) is 4.15. The number of piperidine rings is 2. The topological polar surface area (TPSA) is 80.9 Å². The van der Waals surface area contributed by atoms with Crippen LogP contribution in [0.25, 0.3) is 11.4 Å². The highest BCUT2D eigenvalue weighted by molar-refractivity contribution is 5.79. The number of nitrogens with zero attached hydrogens (tertiary/aromatic N) is 4. The Morgan fingerprint density at radius 2 is 1.68 bits per heavy atom. The Morgan fingerprint density at radius 3 is 2.38 bits per heavy atom. The second-order valence-corrected chi connectivity index (χ2v) is 10.1. The molecule has 5 rings (SSSR count). The van der Waals surface area contributed by atoms with Crippen LogP contribution in [0.4, 0.5) is 0 Å². The third kappa shape index (κ3) is 6.13. The Balaban J connectivity index is 1.08. The standard InChI is InChI=1S/C29H36N4O4/c1-35-25-9-8-24(19-26(25)36-2)28-30-27(37-31-28)20-32-14-12-23(13-15-32)29(34)33-16-10-22(11-17-33)18-21-6-4-3-5-7-21/h3-9,19,22-23H,10-18,20H2,1-2H3. The van der Waals surface area contributed by atoms with Crippen molar-refractivity contribution in [2.24, 2.45) is 11.8 Å². The molecule has 0 atom stereocenters. The number of methoxy groups -OCH3 is 2. The van der Waals surface area contributed by atoms with Crippen LogP contribution in [-0.4, -0.2) is 66.2 Å². The lowest BCUT2D eigenvalue weighted by Crippen LogP contribution is -2.45. The number of hydrogen-bond donors (Lipinski definition) is 0. The fourth-order valence-corrected chi connectivity index (χ4v) is 5.50. The molecule has 2 aliphatic rings. The molecule has 8 heteroatoms. The first-order chi connectivity index (χ1) is 18.1. The van der Waals surface area contributed by atoms with E-state index >= 15 is 0 Å². The lowest BCUT2D eigenvalue weighted by atomic mass is 9.88. The van der Waals surface area contributed by atoms with Gasteiger partial charge in [0.25, 0.3) is 0 Å². The first-order valence-corrected chi connectivity index (χ1v) is 13.2. The summed E-state index contributed by atoms with van der Waals surface area (Å²) in [6, 6.07) is 16.2. The molecule has 0 unspecified atom stereocenters. The van der Waals surface area contributed by atoms with Crippen molar-refractivity contribution in [3.05, 3.63) is 60.0 Å². The van der Waals surface area contributed by atoms with Gasteiger partial charge >= 0.3 is 0 Å². The van der Waals surface area contributed by atoms with E-state index in [4.69, 9.17) is 14.0 Å². The molecule has 8 nitrogen and oxygen atoms in total. The molecule has 0 aliphatic carbocycles. The molecule has 2 aromatic carbocycles. The summed E-state index contributed by atoms with van der Waals surface area (Å²) >= 11 is 0. The quantitative estimate of drug-likeness (QED) is 0.448. The van der Waals surface area contributed by atoms with Gasteiger partial charge in [-0.25, -0.2) is 0 Å². The van der Waals surface area contributed by atoms with Crippen LogP contribution in [-0.2, 0) is 17.8 Å². The molecule has 3 aromatic rings. The Bertz CT molecular complexity index is 1170. The third-order valence-corrected chi connectivity index (χ3v) is 7.70. The Kier molecular flexibility index (Phi) is 8.04. The molecule has 3 heterocycles. The molecular weight excluding hydrogens is 468 g/mol. The van der Waals surface area contributed by atoms with Gasteiger partial charge in [0.05, 0.1) is 20.8 Å². The smallest absolute Gasteiger partial charge is 0.241 e. The number of aromatic nitrogens is 2. The van der Waals surface area contributed by atoms with E-state index < -0.39 is 0 Å². The SMILES string of the molecule is COc1ccc(-c2noc(CN3CCC(C(=O)N4CCC(Cc5ccccc5)CC4)CC3)n2)cc1OC. The van der Waals surface area contributed by atoms with Crippen LogP contribution in [0, 0.1) is 11.8 Å². The zero-order chi connectivity index (χ0) is 25.6. The lowest BCUT2D eigenvalue weighted by Gasteiger charge is -2.37. The van der Waals surface area contributed by atoms with Gasteiger partial charge in [-0.1, -0.05) is 35.5 Å². The van der Waals surface area contributed by atoms with E-state index in [1.165, 1.54) is 5.56 Å². The number of benzene rings is 2. The van der Waals surface area contributed by atoms with Gasteiger partial charge in [-0.3, -0.25) is 9.69 Å². The van der Waals surface area contributed by atoms with Crippen LogP contribution in [0.5, 0.6) is 11.5 Å². The van der Waals surface area contributed by atoms with Gasteiger partial charge in [0.2, 0.25) is 17.6 Å². The van der Waals surface area contributed by atoms with Gasteiger partial charge in [0.1, 0.15) is 0 Å². The summed E-state index contributed by atoms with van der Waals surface area (Å²) in [5.74, 6) is 3.51. The molecule has 0 spiro atoms. The van der Waals surface area contributed by atoms with Gasteiger partial charge < -0.3 is 18.9 Å². The number of ether oxygens (including phenoxy) is 2. The molecule has 0 N–H and O–H groups in total. The average Bonchev–Trinajstić information content (AvgIpc) is 3.42. The van der Waals surface area contributed by atoms with Crippen molar-refractivity contribution in [1.29, 1.82) is 0 Å². The number of carbonyl (C=O) groups is 1. The number of rotatable bonds is 8. The minimum atomic E-state index is 0.118. The molecule has 2 aliphatic heterocycles. The summed E-state index contributed by atoms with van der Waals surface area (Å²) < 4.78 is 16.2. The van der Waals surface area contributed by atoms with Gasteiger partial charge in [0, 0.05) is 24.6 Å². The molecule has 0 saturated carbocycles. The first-order valence-electron chi connectivity index (χ1n) is 13.2. The maximum Gasteiger partial charge on any atom is 0.241 e. The van der Waals surface area contributed by atoms with Crippen molar-refractivity contribution in [2.45, 2.75) is 38.6 Å². The van der Waals surface area contributed by atoms with Crippen LogP contribution < -0.4 is 9.47 Å². The highest BCUT2D eigenvalue weighted by Crippen LogP contribution is 2.31. The van der Waals surface area contributed by atoms with Gasteiger partial charge in [0.15, 0.2) is 11.5 Å². The summed E-state index contributed by atoms with van der Waals surface area (Å²) in [4.78, 5) is 22.2. The second kappa shape index (κ2) is 11.8. The largest absolute Gasteiger partial charge is 0.493 e. The lowest BCUT2D eigenvalue weighted by molar-refractivity contribution is -0.138. The van der Waals surface area contributed by atoms with Crippen molar-refractivity contribution >= 4 is 5.91 Å². The van der Waals surface area contributed by atoms with E-state index in [1.54, 1.807) is 14.2 Å². The fourth-order valence-electron chi connectivity index (χ4n) is 5.50. The van der Waals surface area contributed by atoms with Crippen LogP contribution >= 0.6 is 0 Å². The molecule has 37 heavy (non-hydrogen) atoms. The van der Waals surface area contributed by atoms with Crippen LogP contribution in [0.2, 0.25) is 0 Å². The second-order valence-electron chi connectivity index (χ2n) is 10.1. The minimum Gasteiger partial charge on any atom is -0.493 e. The monoisotopic (exact) mass is 504 g/mol. The predicted molar refractivity (Wildman–Crippen MR) is 140 cm³/mol. The fraction of sp³-hybridized carbons (Fsp3) is 0.483. The van der Waals surface area contributed by atoms with E-state index in [-0.39, 0.29) is 5.92 Å². The zero-order valence-electron chi connectivity index (χ0n) is 21.8. The number of amides is 1. The summed E-state index contributed by atoms with van der Waals surface area (Å²) in [6.45, 7) is 4.07. The van der Waals surface area contributed by atoms with E-state index in [9.17, 15) is 4.79 Å². The van der Waals surface area contributed by atoms with E-state index in [1.807, 2.05) is 18.2 Å². The van der Waals surface area contributed by atoms with Crippen LogP contribution in [0.15, 0.2) is 53.1 Å². The zero-order valence-corrected chi connectivity index (χ0v) is 21.8. The maximum absolute atomic E-state index is 13.2. The Labute approximate surface area is 218 Å². The highest BCUT2D eigenvalue weighted by Gasteiger charge is 2.31. The molecule has 1 amide bonds. The highest BCUT2D eigenvalue weighted by atomic mass is 16.5. The molecule has 196 valence electrons. The summed E-state index contributed by atoms with van der Waals surface area (Å²) in [7, 11) is 3.21. The van der Waals surface area contributed by atoms with E-state index in [0.29, 0.717) is 41.6 Å². The first kappa shape index (κ1) is 25.3. The molecule has 0 bridgehead atoms. The van der Waals surface area contributed by atoms with Crippen LogP contribution in [0.1, 0.15) is 37.1 Å². The van der Waals surface area contributed by atoms with Crippen molar-refractivity contribution < 1.29 is 18.8 Å². The predicted octanol–water partition coefficient (Wildman–Crippen LogP) is 4.45. The van der Waals surface area contributed by atoms with Gasteiger partial charge in [-0.15, -0.1) is 0 Å². The molecule has 0 radical (unpaired) electrons. The molecule has 2 saturated heterocycles. The van der Waals surface area contributed by atoms with E-state index in [0.717, 1.165) is 63.8 Å². The van der Waals surface area contributed by atoms with Crippen molar-refractivity contribution in [2.75, 3.05) is 40.4 Å². The Morgan fingerprint density at radius 1 is 0.946 bits per heavy atom. The molecular formula is C29H36N4O4. The molecule has 2 fully saturated rings. The van der Waals surface area contributed by atoms with Crippen molar-refractivity contribution in [1.82, 2.24) is 19.9 Å². The minimum absolute atomic E-state index is 0.118. The summed E-state index contributed by atoms with van der Waals surface area (Å²) in [5.41, 5.74) is 2.21. The average molecular weight is 505 g/mol.